The van der Waals surface area contributed by atoms with Gasteiger partial charge in [0.1, 0.15) is 23.1 Å². The van der Waals surface area contributed by atoms with Crippen LogP contribution in [-0.4, -0.2) is 53.8 Å². The van der Waals surface area contributed by atoms with Gasteiger partial charge < -0.3 is 30.2 Å². The number of alkyl carbamates (subject to hydrolysis) is 2. The summed E-state index contributed by atoms with van der Waals surface area (Å²) in [5, 5.41) is 8.15. The molecule has 3 amide bonds. The van der Waals surface area contributed by atoms with Crippen LogP contribution in [0, 0.1) is 6.92 Å². The van der Waals surface area contributed by atoms with Crippen LogP contribution in [0.3, 0.4) is 0 Å². The number of carbonyl (C=O) groups is 4. The minimum atomic E-state index is -0.935. The molecule has 0 bridgehead atoms. The third kappa shape index (κ3) is 11.2. The topological polar surface area (TPSA) is 145 Å². The Balaban J connectivity index is 1.97. The Hall–Kier alpha value is -3.67. The smallest absolute Gasteiger partial charge is 0.408 e. The van der Waals surface area contributed by atoms with Crippen LogP contribution in [0.5, 0.6) is 0 Å². The van der Waals surface area contributed by atoms with Crippen molar-refractivity contribution in [1.29, 1.82) is 0 Å². The van der Waals surface area contributed by atoms with Crippen LogP contribution >= 0.6 is 11.3 Å². The number of amides is 3. The lowest BCUT2D eigenvalue weighted by Gasteiger charge is -2.20. The van der Waals surface area contributed by atoms with Gasteiger partial charge in [0.15, 0.2) is 5.13 Å². The summed E-state index contributed by atoms with van der Waals surface area (Å²) in [5.41, 5.74) is 0.642. The number of rotatable bonds is 12. The average molecular weight is 549 g/mol. The minimum absolute atomic E-state index is 0.0510. The van der Waals surface area contributed by atoms with E-state index in [2.05, 4.69) is 20.9 Å². The predicted molar refractivity (Wildman–Crippen MR) is 143 cm³/mol. The predicted octanol–water partition coefficient (Wildman–Crippen LogP) is 4.56. The molecule has 2 rings (SSSR count). The largest absolute Gasteiger partial charge is 0.462 e. The summed E-state index contributed by atoms with van der Waals surface area (Å²) in [6.45, 7) is 9.29. The Morgan fingerprint density at radius 2 is 1.74 bits per heavy atom. The van der Waals surface area contributed by atoms with Crippen molar-refractivity contribution in [3.05, 3.63) is 46.5 Å². The second kappa shape index (κ2) is 14.9. The van der Waals surface area contributed by atoms with Gasteiger partial charge in [-0.2, -0.15) is 0 Å². The van der Waals surface area contributed by atoms with E-state index in [1.807, 2.05) is 30.3 Å². The van der Waals surface area contributed by atoms with Crippen molar-refractivity contribution < 1.29 is 33.4 Å². The highest BCUT2D eigenvalue weighted by molar-refractivity contribution is 7.17. The van der Waals surface area contributed by atoms with Gasteiger partial charge in [-0.15, -0.1) is 0 Å². The minimum Gasteiger partial charge on any atom is -0.462 e. The molecule has 0 unspecified atom stereocenters. The van der Waals surface area contributed by atoms with Crippen LogP contribution in [0.15, 0.2) is 30.3 Å². The molecule has 3 N–H and O–H groups in total. The van der Waals surface area contributed by atoms with E-state index in [1.54, 1.807) is 34.6 Å². The van der Waals surface area contributed by atoms with Gasteiger partial charge in [-0.25, -0.2) is 19.4 Å². The summed E-state index contributed by atoms with van der Waals surface area (Å²) in [6.07, 6.45) is 0.0665. The third-order valence-corrected chi connectivity index (χ3v) is 5.95. The summed E-state index contributed by atoms with van der Waals surface area (Å²) in [6, 6.07) is 8.23. The zero-order valence-electron chi connectivity index (χ0n) is 22.4. The van der Waals surface area contributed by atoms with Crippen LogP contribution in [0.25, 0.3) is 0 Å². The molecule has 0 saturated heterocycles. The van der Waals surface area contributed by atoms with Crippen molar-refractivity contribution in [3.63, 3.8) is 0 Å². The zero-order chi connectivity index (χ0) is 28.1. The molecule has 38 heavy (non-hydrogen) atoms. The second-order valence-corrected chi connectivity index (χ2v) is 10.3. The summed E-state index contributed by atoms with van der Waals surface area (Å²) in [7, 11) is 0. The molecular weight excluding hydrogens is 512 g/mol. The molecule has 0 aliphatic carbocycles. The maximum Gasteiger partial charge on any atom is 0.408 e. The van der Waals surface area contributed by atoms with Crippen molar-refractivity contribution in [3.8, 4) is 0 Å². The van der Waals surface area contributed by atoms with Gasteiger partial charge in [0.05, 0.1) is 12.3 Å². The number of nitrogens with zero attached hydrogens (tertiary/aromatic N) is 1. The molecule has 0 radical (unpaired) electrons. The maximum absolute atomic E-state index is 13.0. The number of aryl methyl sites for hydroxylation is 1. The van der Waals surface area contributed by atoms with E-state index in [0.717, 1.165) is 16.9 Å². The van der Waals surface area contributed by atoms with Crippen LogP contribution in [-0.2, 0) is 25.6 Å². The standard InChI is InChI=1S/C26H36N4O7S/c1-6-35-22(32)20-17(2)28-23(38-20)30-21(31)19(14-10-11-15-27-24(33)37-26(3,4)5)29-25(34)36-16-18-12-8-7-9-13-18/h7-9,12-13,19H,6,10-11,14-16H2,1-5H3,(H,27,33)(H,29,34)(H,28,30,31)/t19-/m1/s1. The van der Waals surface area contributed by atoms with Gasteiger partial charge in [-0.1, -0.05) is 41.7 Å². The fourth-order valence-electron chi connectivity index (χ4n) is 3.18. The molecule has 1 atom stereocenters. The molecule has 1 heterocycles. The Bertz CT molecular complexity index is 1080. The van der Waals surface area contributed by atoms with Crippen LogP contribution in [0.2, 0.25) is 0 Å². The number of hydrogen-bond acceptors (Lipinski definition) is 9. The first-order valence-electron chi connectivity index (χ1n) is 12.4. The number of ether oxygens (including phenoxy) is 3. The van der Waals surface area contributed by atoms with E-state index in [1.165, 1.54) is 0 Å². The highest BCUT2D eigenvalue weighted by Gasteiger charge is 2.24. The normalized spacial score (nSPS) is 11.7. The molecule has 1 aromatic heterocycles. The summed E-state index contributed by atoms with van der Waals surface area (Å²) >= 11 is 0.996. The fourth-order valence-corrected chi connectivity index (χ4v) is 4.05. The molecule has 1 aromatic carbocycles. The number of anilines is 1. The van der Waals surface area contributed by atoms with E-state index < -0.39 is 35.7 Å². The van der Waals surface area contributed by atoms with E-state index in [9.17, 15) is 19.2 Å². The third-order valence-electron chi connectivity index (χ3n) is 4.90. The Morgan fingerprint density at radius 1 is 1.03 bits per heavy atom. The van der Waals surface area contributed by atoms with E-state index in [4.69, 9.17) is 14.2 Å². The Labute approximate surface area is 226 Å². The molecule has 0 saturated carbocycles. The number of nitrogens with one attached hydrogen (secondary N) is 3. The van der Waals surface area contributed by atoms with Crippen molar-refractivity contribution in [1.82, 2.24) is 15.6 Å². The summed E-state index contributed by atoms with van der Waals surface area (Å²) in [4.78, 5) is 53.9. The molecule has 0 fully saturated rings. The first-order chi connectivity index (χ1) is 18.0. The number of carbonyl (C=O) groups excluding carboxylic acids is 4. The molecule has 0 aliphatic rings. The molecule has 0 spiro atoms. The van der Waals surface area contributed by atoms with Crippen molar-refractivity contribution in [2.45, 2.75) is 72.1 Å². The first-order valence-corrected chi connectivity index (χ1v) is 13.2. The highest BCUT2D eigenvalue weighted by atomic mass is 32.1. The van der Waals surface area contributed by atoms with Gasteiger partial charge in [0.2, 0.25) is 5.91 Å². The zero-order valence-corrected chi connectivity index (χ0v) is 23.2. The monoisotopic (exact) mass is 548 g/mol. The SMILES string of the molecule is CCOC(=O)c1sc(NC(=O)[C@@H](CCCCNC(=O)OC(C)(C)C)NC(=O)OCc2ccccc2)nc1C. The number of esters is 1. The summed E-state index contributed by atoms with van der Waals surface area (Å²) < 4.78 is 15.5. The molecular formula is C26H36N4O7S. The first kappa shape index (κ1) is 30.6. The highest BCUT2D eigenvalue weighted by Crippen LogP contribution is 2.24. The summed E-state index contributed by atoms with van der Waals surface area (Å²) in [5.74, 6) is -1.02. The maximum atomic E-state index is 13.0. The van der Waals surface area contributed by atoms with Crippen molar-refractivity contribution in [2.75, 3.05) is 18.5 Å². The van der Waals surface area contributed by atoms with E-state index >= 15 is 0 Å². The number of hydrogen-bond donors (Lipinski definition) is 3. The number of thiazole rings is 1. The Kier molecular flexibility index (Phi) is 12.0. The lowest BCUT2D eigenvalue weighted by Crippen LogP contribution is -2.44. The molecule has 2 aromatic rings. The van der Waals surface area contributed by atoms with Gasteiger partial charge in [0.25, 0.3) is 0 Å². The second-order valence-electron chi connectivity index (χ2n) is 9.33. The molecule has 11 nitrogen and oxygen atoms in total. The number of unbranched alkanes of at least 4 members (excludes halogenated alkanes) is 1. The van der Waals surface area contributed by atoms with E-state index in [0.29, 0.717) is 30.0 Å². The molecule has 12 heteroatoms. The van der Waals surface area contributed by atoms with Gasteiger partial charge in [0, 0.05) is 6.54 Å². The molecule has 208 valence electrons. The van der Waals surface area contributed by atoms with Gasteiger partial charge >= 0.3 is 18.2 Å². The van der Waals surface area contributed by atoms with Crippen LogP contribution in [0.1, 0.15) is 67.9 Å². The van der Waals surface area contributed by atoms with Crippen LogP contribution in [0.4, 0.5) is 14.7 Å². The Morgan fingerprint density at radius 3 is 2.39 bits per heavy atom. The number of aromatic nitrogens is 1. The quantitative estimate of drug-likeness (QED) is 0.199. The van der Waals surface area contributed by atoms with Crippen LogP contribution < -0.4 is 16.0 Å². The molecule has 0 aliphatic heterocycles. The lowest BCUT2D eigenvalue weighted by molar-refractivity contribution is -0.118. The van der Waals surface area contributed by atoms with Crippen molar-refractivity contribution in [2.24, 2.45) is 0 Å². The fraction of sp³-hybridized carbons (Fsp3) is 0.500. The average Bonchev–Trinajstić information content (AvgIpc) is 3.21. The van der Waals surface area contributed by atoms with Crippen molar-refractivity contribution >= 4 is 40.5 Å². The lowest BCUT2D eigenvalue weighted by atomic mass is 10.1. The van der Waals surface area contributed by atoms with Gasteiger partial charge in [-0.3, -0.25) is 4.79 Å². The number of benzene rings is 1. The van der Waals surface area contributed by atoms with E-state index in [-0.39, 0.29) is 24.8 Å². The van der Waals surface area contributed by atoms with Gasteiger partial charge in [-0.05, 0) is 59.4 Å².